The second-order valence-corrected chi connectivity index (χ2v) is 6.26. The number of hydrogen-bond acceptors (Lipinski definition) is 3. The van der Waals surface area contributed by atoms with Crippen molar-refractivity contribution in [3.63, 3.8) is 0 Å². The quantitative estimate of drug-likeness (QED) is 0.921. The third-order valence-corrected chi connectivity index (χ3v) is 4.27. The monoisotopic (exact) mass is 288 g/mol. The molecule has 0 fully saturated rings. The molecule has 0 bridgehead atoms. The molecule has 1 amide bonds. The Labute approximate surface area is 124 Å². The Morgan fingerprint density at radius 1 is 1.35 bits per heavy atom. The van der Waals surface area contributed by atoms with Crippen molar-refractivity contribution in [1.82, 2.24) is 4.98 Å². The first-order valence-electron chi connectivity index (χ1n) is 6.77. The Morgan fingerprint density at radius 2 is 2.10 bits per heavy atom. The molecule has 1 aromatic heterocycles. The summed E-state index contributed by atoms with van der Waals surface area (Å²) in [6, 6.07) is 6.05. The summed E-state index contributed by atoms with van der Waals surface area (Å²) in [4.78, 5) is 16.6. The smallest absolute Gasteiger partial charge is 0.230 e. The summed E-state index contributed by atoms with van der Waals surface area (Å²) in [6.07, 6.45) is 0.330. The third kappa shape index (κ3) is 3.67. The molecule has 2 rings (SSSR count). The van der Waals surface area contributed by atoms with Crippen LogP contribution < -0.4 is 5.32 Å². The summed E-state index contributed by atoms with van der Waals surface area (Å²) in [7, 11) is 0. The number of thiazole rings is 1. The van der Waals surface area contributed by atoms with Gasteiger partial charge in [0.25, 0.3) is 0 Å². The highest BCUT2D eigenvalue weighted by Gasteiger charge is 2.10. The molecule has 0 saturated carbocycles. The second kappa shape index (κ2) is 6.18. The summed E-state index contributed by atoms with van der Waals surface area (Å²) in [5.41, 5.74) is 3.95. The van der Waals surface area contributed by atoms with Gasteiger partial charge in [0.05, 0.1) is 17.1 Å². The normalized spacial score (nSPS) is 10.8. The van der Waals surface area contributed by atoms with Gasteiger partial charge < -0.3 is 5.32 Å². The van der Waals surface area contributed by atoms with Crippen LogP contribution >= 0.6 is 11.3 Å². The van der Waals surface area contributed by atoms with Crippen molar-refractivity contribution < 1.29 is 4.79 Å². The molecule has 1 N–H and O–H groups in total. The van der Waals surface area contributed by atoms with Gasteiger partial charge in [-0.1, -0.05) is 26.0 Å². The highest BCUT2D eigenvalue weighted by atomic mass is 32.1. The van der Waals surface area contributed by atoms with Gasteiger partial charge in [0, 0.05) is 17.0 Å². The van der Waals surface area contributed by atoms with E-state index in [1.165, 1.54) is 0 Å². The molecule has 3 nitrogen and oxygen atoms in total. The molecule has 0 saturated heterocycles. The van der Waals surface area contributed by atoms with Crippen molar-refractivity contribution >= 4 is 22.9 Å². The molecule has 20 heavy (non-hydrogen) atoms. The van der Waals surface area contributed by atoms with Crippen LogP contribution in [0.2, 0.25) is 0 Å². The Hall–Kier alpha value is -1.68. The first-order valence-corrected chi connectivity index (χ1v) is 7.65. The molecular weight excluding hydrogens is 268 g/mol. The van der Waals surface area contributed by atoms with Crippen LogP contribution in [0.4, 0.5) is 5.69 Å². The zero-order chi connectivity index (χ0) is 14.7. The first kappa shape index (κ1) is 14.7. The topological polar surface area (TPSA) is 42.0 Å². The van der Waals surface area contributed by atoms with Crippen LogP contribution in [-0.4, -0.2) is 10.9 Å². The fourth-order valence-corrected chi connectivity index (χ4v) is 2.73. The SMILES string of the molecule is Cc1ccc(C)c(NC(=O)Cc2csc(C(C)C)n2)c1. The number of hydrogen-bond donors (Lipinski definition) is 1. The van der Waals surface area contributed by atoms with Gasteiger partial charge in [0.15, 0.2) is 0 Å². The Morgan fingerprint density at radius 3 is 2.75 bits per heavy atom. The lowest BCUT2D eigenvalue weighted by molar-refractivity contribution is -0.115. The Bertz CT molecular complexity index is 617. The van der Waals surface area contributed by atoms with Crippen LogP contribution in [0.5, 0.6) is 0 Å². The average molecular weight is 288 g/mol. The number of aryl methyl sites for hydroxylation is 2. The summed E-state index contributed by atoms with van der Waals surface area (Å²) in [5.74, 6) is 0.398. The maximum atomic E-state index is 12.1. The van der Waals surface area contributed by atoms with Crippen LogP contribution in [0.3, 0.4) is 0 Å². The predicted molar refractivity (Wildman–Crippen MR) is 84.5 cm³/mol. The minimum absolute atomic E-state index is 0.0145. The Balaban J connectivity index is 2.03. The summed E-state index contributed by atoms with van der Waals surface area (Å²) in [6.45, 7) is 8.23. The highest BCUT2D eigenvalue weighted by Crippen LogP contribution is 2.20. The minimum atomic E-state index is -0.0145. The third-order valence-electron chi connectivity index (χ3n) is 3.07. The molecule has 106 valence electrons. The van der Waals surface area contributed by atoms with Crippen molar-refractivity contribution in [2.75, 3.05) is 5.32 Å². The molecule has 0 aliphatic rings. The predicted octanol–water partition coefficient (Wildman–Crippen LogP) is 4.06. The lowest BCUT2D eigenvalue weighted by Crippen LogP contribution is -2.15. The molecule has 0 aliphatic heterocycles. The lowest BCUT2D eigenvalue weighted by Gasteiger charge is -2.08. The number of carbonyl (C=O) groups is 1. The zero-order valence-electron chi connectivity index (χ0n) is 12.4. The van der Waals surface area contributed by atoms with Crippen LogP contribution in [-0.2, 0) is 11.2 Å². The van der Waals surface area contributed by atoms with Crippen LogP contribution in [0, 0.1) is 13.8 Å². The van der Waals surface area contributed by atoms with E-state index >= 15 is 0 Å². The van der Waals surface area contributed by atoms with Crippen molar-refractivity contribution in [1.29, 1.82) is 0 Å². The van der Waals surface area contributed by atoms with E-state index in [9.17, 15) is 4.79 Å². The van der Waals surface area contributed by atoms with Crippen LogP contribution in [0.25, 0.3) is 0 Å². The van der Waals surface area contributed by atoms with E-state index in [-0.39, 0.29) is 5.91 Å². The molecule has 0 unspecified atom stereocenters. The molecule has 1 heterocycles. The molecule has 4 heteroatoms. The molecule has 0 atom stereocenters. The highest BCUT2D eigenvalue weighted by molar-refractivity contribution is 7.09. The number of aromatic nitrogens is 1. The standard InChI is InChI=1S/C16H20N2OS/c1-10(2)16-17-13(9-20-16)8-15(19)18-14-7-11(3)5-6-12(14)4/h5-7,9-10H,8H2,1-4H3,(H,18,19). The number of carbonyl (C=O) groups excluding carboxylic acids is 1. The van der Waals surface area contributed by atoms with Gasteiger partial charge in [-0.25, -0.2) is 4.98 Å². The van der Waals surface area contributed by atoms with Crippen molar-refractivity contribution in [2.24, 2.45) is 0 Å². The van der Waals surface area contributed by atoms with E-state index in [4.69, 9.17) is 0 Å². The van der Waals surface area contributed by atoms with Crippen molar-refractivity contribution in [3.05, 3.63) is 45.4 Å². The fourth-order valence-electron chi connectivity index (χ4n) is 1.90. The minimum Gasteiger partial charge on any atom is -0.325 e. The summed E-state index contributed by atoms with van der Waals surface area (Å²) < 4.78 is 0. The van der Waals surface area contributed by atoms with Gasteiger partial charge in [0.2, 0.25) is 5.91 Å². The lowest BCUT2D eigenvalue weighted by atomic mass is 10.1. The van der Waals surface area contributed by atoms with E-state index < -0.39 is 0 Å². The Kier molecular flexibility index (Phi) is 4.55. The van der Waals surface area contributed by atoms with E-state index in [2.05, 4.69) is 24.1 Å². The van der Waals surface area contributed by atoms with E-state index in [1.54, 1.807) is 11.3 Å². The summed E-state index contributed by atoms with van der Waals surface area (Å²) >= 11 is 1.62. The molecule has 0 aliphatic carbocycles. The number of amides is 1. The van der Waals surface area contributed by atoms with E-state index in [0.29, 0.717) is 12.3 Å². The molecule has 0 spiro atoms. The van der Waals surface area contributed by atoms with Crippen LogP contribution in [0.15, 0.2) is 23.6 Å². The summed E-state index contributed by atoms with van der Waals surface area (Å²) in [5, 5.41) is 6.02. The number of anilines is 1. The number of nitrogens with zero attached hydrogens (tertiary/aromatic N) is 1. The van der Waals surface area contributed by atoms with Gasteiger partial charge in [-0.3, -0.25) is 4.79 Å². The van der Waals surface area contributed by atoms with E-state index in [0.717, 1.165) is 27.5 Å². The zero-order valence-corrected chi connectivity index (χ0v) is 13.2. The molecular formula is C16H20N2OS. The van der Waals surface area contributed by atoms with Crippen molar-refractivity contribution in [3.8, 4) is 0 Å². The number of benzene rings is 1. The largest absolute Gasteiger partial charge is 0.325 e. The molecule has 2 aromatic rings. The average Bonchev–Trinajstić information content (AvgIpc) is 2.82. The maximum absolute atomic E-state index is 12.1. The van der Waals surface area contributed by atoms with Gasteiger partial charge >= 0.3 is 0 Å². The number of rotatable bonds is 4. The van der Waals surface area contributed by atoms with Crippen LogP contribution in [0.1, 0.15) is 41.6 Å². The van der Waals surface area contributed by atoms with E-state index in [1.807, 2.05) is 37.4 Å². The van der Waals surface area contributed by atoms with Gasteiger partial charge in [-0.2, -0.15) is 0 Å². The van der Waals surface area contributed by atoms with Gasteiger partial charge in [0.1, 0.15) is 0 Å². The maximum Gasteiger partial charge on any atom is 0.230 e. The fraction of sp³-hybridized carbons (Fsp3) is 0.375. The van der Waals surface area contributed by atoms with Crippen molar-refractivity contribution in [2.45, 2.75) is 40.0 Å². The number of nitrogens with one attached hydrogen (secondary N) is 1. The second-order valence-electron chi connectivity index (χ2n) is 5.38. The first-order chi connectivity index (χ1) is 9.45. The molecule has 0 radical (unpaired) electrons. The molecule has 1 aromatic carbocycles. The van der Waals surface area contributed by atoms with Gasteiger partial charge in [-0.15, -0.1) is 11.3 Å². The van der Waals surface area contributed by atoms with Gasteiger partial charge in [-0.05, 0) is 31.0 Å².